The first kappa shape index (κ1) is 34.3. The largest absolute Gasteiger partial charge is 0.382 e. The molecule has 15 heteroatoms. The van der Waals surface area contributed by atoms with E-state index in [1.807, 2.05) is 42.0 Å². The number of carbonyl (C=O) groups excluding carboxylic acids is 3. The molecular weight excluding hydrogens is 616 g/mol. The molecule has 0 bridgehead atoms. The number of ether oxygens (including phenoxy) is 2. The van der Waals surface area contributed by atoms with Crippen molar-refractivity contribution in [2.45, 2.75) is 51.0 Å². The molecule has 254 valence electrons. The van der Waals surface area contributed by atoms with Gasteiger partial charge in [-0.2, -0.15) is 0 Å². The minimum Gasteiger partial charge on any atom is -0.382 e. The summed E-state index contributed by atoms with van der Waals surface area (Å²) in [5.41, 5.74) is 4.04. The van der Waals surface area contributed by atoms with Gasteiger partial charge in [-0.25, -0.2) is 24.9 Å². The van der Waals surface area contributed by atoms with Crippen molar-refractivity contribution >= 4 is 41.7 Å². The summed E-state index contributed by atoms with van der Waals surface area (Å²) in [5, 5.41) is 5.65. The Morgan fingerprint density at radius 1 is 1.02 bits per heavy atom. The van der Waals surface area contributed by atoms with Gasteiger partial charge < -0.3 is 34.3 Å². The number of amides is 3. The number of nitrogens with one attached hydrogen (secondary N) is 2. The Morgan fingerprint density at radius 2 is 1.81 bits per heavy atom. The molecule has 0 saturated heterocycles. The molecule has 2 N–H and O–H groups in total. The van der Waals surface area contributed by atoms with Gasteiger partial charge in [0.15, 0.2) is 5.65 Å². The summed E-state index contributed by atoms with van der Waals surface area (Å²) < 4.78 is 12.3. The maximum atomic E-state index is 12.9. The maximum Gasteiger partial charge on any atom is 0.242 e. The molecule has 4 aromatic heterocycles. The van der Waals surface area contributed by atoms with Gasteiger partial charge in [-0.05, 0) is 56.2 Å². The number of likely N-dealkylation sites (N-methyl/N-ethyl adjacent to an activating group) is 1. The molecule has 3 amide bonds. The third kappa shape index (κ3) is 9.75. The highest BCUT2D eigenvalue weighted by Gasteiger charge is 2.27. The highest BCUT2D eigenvalue weighted by Crippen LogP contribution is 2.42. The van der Waals surface area contributed by atoms with Crippen LogP contribution in [0.2, 0.25) is 0 Å². The Balaban J connectivity index is 0.000000380. The van der Waals surface area contributed by atoms with Crippen LogP contribution >= 0.6 is 0 Å². The topological polar surface area (TPSA) is 169 Å². The predicted octanol–water partition coefficient (Wildman–Crippen LogP) is 2.93. The molecule has 0 unspecified atom stereocenters. The van der Waals surface area contributed by atoms with Crippen molar-refractivity contribution in [3.8, 4) is 0 Å². The van der Waals surface area contributed by atoms with Crippen molar-refractivity contribution in [2.24, 2.45) is 0 Å². The van der Waals surface area contributed by atoms with Crippen LogP contribution in [0.5, 0.6) is 0 Å². The number of hydrogen-bond acceptors (Lipinski definition) is 11. The SMILES string of the molecule is COCCOCCN(C)C(=O)CN(C=O)c1cc(C2CC2)cn2cc(CNc3cc(NC=O)ncn3)nc12.Cc1ccnc(C2CC2)n1. The predicted molar refractivity (Wildman–Crippen MR) is 179 cm³/mol. The zero-order chi connectivity index (χ0) is 33.9. The summed E-state index contributed by atoms with van der Waals surface area (Å²) in [6, 6.07) is 5.50. The number of fused-ring (bicyclic) bond motifs is 1. The van der Waals surface area contributed by atoms with Gasteiger partial charge in [-0.15, -0.1) is 0 Å². The summed E-state index contributed by atoms with van der Waals surface area (Å²) in [6.45, 7) is 3.97. The monoisotopic (exact) mass is 658 g/mol. The van der Waals surface area contributed by atoms with Gasteiger partial charge in [0.25, 0.3) is 0 Å². The number of imidazole rings is 1. The summed E-state index contributed by atoms with van der Waals surface area (Å²) in [5.74, 6) is 2.85. The van der Waals surface area contributed by atoms with Gasteiger partial charge in [0.1, 0.15) is 30.3 Å². The quantitative estimate of drug-likeness (QED) is 0.126. The molecule has 48 heavy (non-hydrogen) atoms. The Hall–Kier alpha value is -5.02. The number of pyridine rings is 1. The van der Waals surface area contributed by atoms with Gasteiger partial charge in [-0.1, -0.05) is 0 Å². The van der Waals surface area contributed by atoms with E-state index in [2.05, 4.69) is 30.6 Å². The van der Waals surface area contributed by atoms with Crippen molar-refractivity contribution in [1.29, 1.82) is 0 Å². The second kappa shape index (κ2) is 16.7. The van der Waals surface area contributed by atoms with Crippen LogP contribution in [0.1, 0.15) is 60.3 Å². The molecule has 4 aromatic rings. The Labute approximate surface area is 279 Å². The number of aryl methyl sites for hydroxylation is 1. The first-order valence-corrected chi connectivity index (χ1v) is 16.0. The Kier molecular flexibility index (Phi) is 11.9. The van der Waals surface area contributed by atoms with Crippen LogP contribution in [0.25, 0.3) is 5.65 Å². The molecule has 2 aliphatic rings. The molecule has 2 fully saturated rings. The molecule has 4 heterocycles. The average molecular weight is 659 g/mol. The number of carbonyl (C=O) groups is 3. The highest BCUT2D eigenvalue weighted by atomic mass is 16.5. The lowest BCUT2D eigenvalue weighted by atomic mass is 10.1. The van der Waals surface area contributed by atoms with E-state index < -0.39 is 0 Å². The molecule has 0 radical (unpaired) electrons. The third-order valence-corrected chi connectivity index (χ3v) is 7.90. The van der Waals surface area contributed by atoms with E-state index in [0.29, 0.717) is 86.2 Å². The van der Waals surface area contributed by atoms with Gasteiger partial charge >= 0.3 is 0 Å². The van der Waals surface area contributed by atoms with E-state index in [-0.39, 0.29) is 12.5 Å². The van der Waals surface area contributed by atoms with Crippen molar-refractivity contribution in [2.75, 3.05) is 62.6 Å². The average Bonchev–Trinajstić information content (AvgIpc) is 4.03. The number of rotatable bonds is 17. The fraction of sp³-hybridized carbons (Fsp3) is 0.455. The van der Waals surface area contributed by atoms with Crippen LogP contribution in [0, 0.1) is 6.92 Å². The summed E-state index contributed by atoms with van der Waals surface area (Å²) in [7, 11) is 3.29. The number of methoxy groups -OCH3 is 1. The molecule has 0 atom stereocenters. The number of nitrogens with zero attached hydrogens (tertiary/aromatic N) is 8. The zero-order valence-electron chi connectivity index (χ0n) is 27.5. The fourth-order valence-electron chi connectivity index (χ4n) is 4.89. The van der Waals surface area contributed by atoms with Crippen LogP contribution < -0.4 is 15.5 Å². The standard InChI is InChI=1S/C25H32N8O5.C8H10N2/c1-31(5-6-38-8-7-37-2)24(36)14-33(17-35)21-9-19(18-3-4-18)12-32-13-20(30-25(21)32)11-26-22-10-23(29-16-34)28-15-27-22;1-6-4-5-9-8(10-6)7-2-3-7/h9-10,12-13,15-18H,3-8,11,14H2,1-2H3,(H2,26,27,28,29,34);4-5,7H,2-3H2,1H3. The molecule has 6 rings (SSSR count). The summed E-state index contributed by atoms with van der Waals surface area (Å²) in [4.78, 5) is 60.0. The van der Waals surface area contributed by atoms with E-state index >= 15 is 0 Å². The van der Waals surface area contributed by atoms with E-state index in [9.17, 15) is 14.4 Å². The summed E-state index contributed by atoms with van der Waals surface area (Å²) in [6.07, 6.45) is 13.1. The second-order valence-corrected chi connectivity index (χ2v) is 11.8. The molecule has 2 saturated carbocycles. The third-order valence-electron chi connectivity index (χ3n) is 7.90. The first-order valence-electron chi connectivity index (χ1n) is 16.0. The molecule has 15 nitrogen and oxygen atoms in total. The first-order chi connectivity index (χ1) is 23.4. The number of aromatic nitrogens is 6. The minimum atomic E-state index is -0.209. The van der Waals surface area contributed by atoms with Gasteiger partial charge in [0.2, 0.25) is 18.7 Å². The second-order valence-electron chi connectivity index (χ2n) is 11.8. The van der Waals surface area contributed by atoms with E-state index in [0.717, 1.165) is 29.9 Å². The van der Waals surface area contributed by atoms with Crippen LogP contribution in [-0.2, 0) is 30.4 Å². The number of anilines is 3. The van der Waals surface area contributed by atoms with Crippen molar-refractivity contribution in [3.63, 3.8) is 0 Å². The molecule has 0 aliphatic heterocycles. The smallest absolute Gasteiger partial charge is 0.242 e. The van der Waals surface area contributed by atoms with Crippen LogP contribution in [0.4, 0.5) is 17.3 Å². The minimum absolute atomic E-state index is 0.115. The van der Waals surface area contributed by atoms with Gasteiger partial charge in [-0.3, -0.25) is 14.4 Å². The lowest BCUT2D eigenvalue weighted by Crippen LogP contribution is -2.39. The maximum absolute atomic E-state index is 12.9. The van der Waals surface area contributed by atoms with Gasteiger partial charge in [0, 0.05) is 57.0 Å². The zero-order valence-corrected chi connectivity index (χ0v) is 27.5. The van der Waals surface area contributed by atoms with Crippen molar-refractivity contribution in [3.05, 3.63) is 65.9 Å². The Bertz CT molecular complexity index is 1690. The van der Waals surface area contributed by atoms with Crippen LogP contribution in [0.15, 0.2) is 43.1 Å². The molecule has 2 aliphatic carbocycles. The van der Waals surface area contributed by atoms with Crippen LogP contribution in [-0.4, -0.2) is 100 Å². The normalized spacial score (nSPS) is 13.7. The number of hydrogen-bond donors (Lipinski definition) is 2. The van der Waals surface area contributed by atoms with Gasteiger partial charge in [0.05, 0.1) is 37.7 Å². The summed E-state index contributed by atoms with van der Waals surface area (Å²) >= 11 is 0. The lowest BCUT2D eigenvalue weighted by Gasteiger charge is -2.23. The highest BCUT2D eigenvalue weighted by molar-refractivity contribution is 5.92. The molecule has 0 spiro atoms. The van der Waals surface area contributed by atoms with E-state index in [1.54, 1.807) is 25.1 Å². The van der Waals surface area contributed by atoms with Crippen LogP contribution in [0.3, 0.4) is 0 Å². The molecular formula is C33H42N10O5. The van der Waals surface area contributed by atoms with E-state index in [1.165, 1.54) is 24.1 Å². The lowest BCUT2D eigenvalue weighted by molar-refractivity contribution is -0.129. The van der Waals surface area contributed by atoms with Crippen molar-refractivity contribution < 1.29 is 23.9 Å². The van der Waals surface area contributed by atoms with Crippen molar-refractivity contribution in [1.82, 2.24) is 34.2 Å². The fourth-order valence-corrected chi connectivity index (χ4v) is 4.89. The Morgan fingerprint density at radius 3 is 2.52 bits per heavy atom. The molecule has 0 aromatic carbocycles. The van der Waals surface area contributed by atoms with E-state index in [4.69, 9.17) is 14.5 Å².